The molecular formula is C18H15NO5S2. The van der Waals surface area contributed by atoms with E-state index >= 15 is 0 Å². The Labute approximate surface area is 152 Å². The zero-order chi connectivity index (χ0) is 19.1. The molecule has 8 heteroatoms. The number of fused-ring (bicyclic) bond motifs is 1. The van der Waals surface area contributed by atoms with Gasteiger partial charge in [0.25, 0.3) is 5.56 Å². The summed E-state index contributed by atoms with van der Waals surface area (Å²) >= 11 is 0. The number of sulfone groups is 1. The first kappa shape index (κ1) is 18.2. The average Bonchev–Trinajstić information content (AvgIpc) is 2.60. The van der Waals surface area contributed by atoms with Crippen molar-refractivity contribution in [1.29, 1.82) is 0 Å². The molecule has 26 heavy (non-hydrogen) atoms. The number of Topliss-reactive ketones (excluding diaryl/α,β-unsaturated/α-hetero) is 1. The van der Waals surface area contributed by atoms with Crippen molar-refractivity contribution in [3.05, 3.63) is 64.4 Å². The van der Waals surface area contributed by atoms with Gasteiger partial charge >= 0.3 is 0 Å². The molecule has 1 N–H and O–H groups in total. The van der Waals surface area contributed by atoms with Gasteiger partial charge in [0.2, 0.25) is 9.84 Å². The number of carbonyl (C=O) groups is 1. The quantitative estimate of drug-likeness (QED) is 0.690. The second-order valence-corrected chi connectivity index (χ2v) is 8.90. The van der Waals surface area contributed by atoms with Crippen molar-refractivity contribution in [2.45, 2.75) is 21.6 Å². The van der Waals surface area contributed by atoms with Gasteiger partial charge in [-0.2, -0.15) is 0 Å². The van der Waals surface area contributed by atoms with E-state index in [-0.39, 0.29) is 31.2 Å². The van der Waals surface area contributed by atoms with Crippen LogP contribution in [0.2, 0.25) is 0 Å². The van der Waals surface area contributed by atoms with E-state index < -0.39 is 32.0 Å². The number of carbonyl (C=O) groups excluding carboxylic acids is 1. The number of ketones is 1. The molecule has 0 aliphatic heterocycles. The maximum Gasteiger partial charge on any atom is 0.260 e. The van der Waals surface area contributed by atoms with Crippen LogP contribution in [0, 0.1) is 0 Å². The van der Waals surface area contributed by atoms with E-state index in [9.17, 15) is 22.2 Å². The molecule has 2 aromatic carbocycles. The molecule has 6 nitrogen and oxygen atoms in total. The molecule has 0 saturated carbocycles. The smallest absolute Gasteiger partial charge is 0.260 e. The predicted octanol–water partition coefficient (Wildman–Crippen LogP) is 2.30. The largest absolute Gasteiger partial charge is 0.320 e. The van der Waals surface area contributed by atoms with Gasteiger partial charge in [0.1, 0.15) is 0 Å². The van der Waals surface area contributed by atoms with Crippen LogP contribution in [0.5, 0.6) is 0 Å². The Morgan fingerprint density at radius 1 is 1.04 bits per heavy atom. The maximum atomic E-state index is 13.0. The predicted molar refractivity (Wildman–Crippen MR) is 98.8 cm³/mol. The summed E-state index contributed by atoms with van der Waals surface area (Å²) in [4.78, 5) is 26.8. The van der Waals surface area contributed by atoms with Gasteiger partial charge in [0, 0.05) is 11.6 Å². The van der Waals surface area contributed by atoms with E-state index in [1.54, 1.807) is 24.3 Å². The minimum atomic E-state index is -3.91. The van der Waals surface area contributed by atoms with Crippen molar-refractivity contribution in [3.63, 3.8) is 0 Å². The van der Waals surface area contributed by atoms with Crippen molar-refractivity contribution < 1.29 is 17.4 Å². The first-order valence-electron chi connectivity index (χ1n) is 7.58. The van der Waals surface area contributed by atoms with Crippen LogP contribution in [-0.2, 0) is 20.6 Å². The number of hydrogen-bond donors (Lipinski definition) is 1. The van der Waals surface area contributed by atoms with Crippen LogP contribution in [-0.4, -0.2) is 29.6 Å². The molecule has 134 valence electrons. The van der Waals surface area contributed by atoms with Gasteiger partial charge in [-0.15, -0.1) is 0 Å². The summed E-state index contributed by atoms with van der Waals surface area (Å²) in [6.45, 7) is 1.21. The Morgan fingerprint density at radius 3 is 2.27 bits per heavy atom. The van der Waals surface area contributed by atoms with E-state index in [1.165, 1.54) is 37.4 Å². The number of para-hydroxylation sites is 1. The molecule has 0 fully saturated rings. The summed E-state index contributed by atoms with van der Waals surface area (Å²) < 4.78 is 38.2. The van der Waals surface area contributed by atoms with E-state index in [1.807, 2.05) is 0 Å². The van der Waals surface area contributed by atoms with Gasteiger partial charge < -0.3 is 4.98 Å². The zero-order valence-electron chi connectivity index (χ0n) is 14.0. The molecule has 0 amide bonds. The summed E-state index contributed by atoms with van der Waals surface area (Å²) in [5, 5.41) is 0.271. The highest BCUT2D eigenvalue weighted by Gasteiger charge is 2.25. The van der Waals surface area contributed by atoms with Crippen LogP contribution in [0.4, 0.5) is 0 Å². The second-order valence-electron chi connectivity index (χ2n) is 5.66. The lowest BCUT2D eigenvalue weighted by molar-refractivity contribution is 0.101. The normalized spacial score (nSPS) is 12.8. The Morgan fingerprint density at radius 2 is 1.69 bits per heavy atom. The Hall–Kier alpha value is -2.58. The lowest BCUT2D eigenvalue weighted by Crippen LogP contribution is -2.21. The summed E-state index contributed by atoms with van der Waals surface area (Å²) in [7, 11) is -5.57. The summed E-state index contributed by atoms with van der Waals surface area (Å²) in [5.74, 6) is -0.533. The first-order valence-corrected chi connectivity index (χ1v) is 10.6. The molecule has 0 unspecified atom stereocenters. The molecular weight excluding hydrogens is 374 g/mol. The average molecular weight is 389 g/mol. The molecule has 0 spiro atoms. The number of H-pyrrole nitrogens is 1. The summed E-state index contributed by atoms with van der Waals surface area (Å²) in [5.41, 5.74) is -0.935. The number of aromatic amines is 1. The highest BCUT2D eigenvalue weighted by atomic mass is 32.2. The SMILES string of the molecule is CC(=O)c1c([S@@](C)=O)c2cccc(S(=O)(=O)c3ccccc3)c2[nH]c1=O. The lowest BCUT2D eigenvalue weighted by atomic mass is 10.1. The summed E-state index contributed by atoms with van der Waals surface area (Å²) in [6.07, 6.45) is 1.35. The monoisotopic (exact) mass is 389 g/mol. The van der Waals surface area contributed by atoms with Gasteiger partial charge in [-0.1, -0.05) is 30.3 Å². The molecule has 0 aliphatic carbocycles. The fourth-order valence-corrected chi connectivity index (χ4v) is 5.29. The summed E-state index contributed by atoms with van der Waals surface area (Å²) in [6, 6.07) is 12.2. The molecule has 0 saturated heterocycles. The number of hydrogen-bond acceptors (Lipinski definition) is 5. The number of pyridine rings is 1. The Bertz CT molecular complexity index is 1210. The second kappa shape index (κ2) is 6.62. The highest BCUT2D eigenvalue weighted by molar-refractivity contribution is 7.91. The Balaban J connectivity index is 2.47. The maximum absolute atomic E-state index is 13.0. The minimum Gasteiger partial charge on any atom is -0.320 e. The van der Waals surface area contributed by atoms with Crippen molar-refractivity contribution >= 4 is 37.3 Å². The van der Waals surface area contributed by atoms with Crippen molar-refractivity contribution in [2.75, 3.05) is 6.26 Å². The van der Waals surface area contributed by atoms with Crippen molar-refractivity contribution in [3.8, 4) is 0 Å². The van der Waals surface area contributed by atoms with Crippen molar-refractivity contribution in [2.24, 2.45) is 0 Å². The first-order chi connectivity index (χ1) is 12.2. The van der Waals surface area contributed by atoms with Gasteiger partial charge in [0.05, 0.1) is 36.6 Å². The van der Waals surface area contributed by atoms with Gasteiger partial charge in [-0.25, -0.2) is 8.42 Å². The van der Waals surface area contributed by atoms with E-state index in [0.717, 1.165) is 0 Å². The van der Waals surface area contributed by atoms with Gasteiger partial charge in [-0.3, -0.25) is 13.8 Å². The number of benzene rings is 2. The van der Waals surface area contributed by atoms with Crippen LogP contribution >= 0.6 is 0 Å². The third kappa shape index (κ3) is 2.91. The van der Waals surface area contributed by atoms with Crippen LogP contribution < -0.4 is 5.56 Å². The third-order valence-corrected chi connectivity index (χ3v) is 6.76. The van der Waals surface area contributed by atoms with E-state index in [4.69, 9.17) is 0 Å². The fraction of sp³-hybridized carbons (Fsp3) is 0.111. The molecule has 0 aliphatic rings. The van der Waals surface area contributed by atoms with Crippen LogP contribution in [0.25, 0.3) is 10.9 Å². The third-order valence-electron chi connectivity index (χ3n) is 3.95. The molecule has 3 aromatic rings. The molecule has 0 bridgehead atoms. The van der Waals surface area contributed by atoms with Crippen molar-refractivity contribution in [1.82, 2.24) is 4.98 Å². The lowest BCUT2D eigenvalue weighted by Gasteiger charge is -2.12. The molecule has 0 radical (unpaired) electrons. The van der Waals surface area contributed by atoms with Crippen LogP contribution in [0.15, 0.2) is 68.0 Å². The number of rotatable bonds is 4. The fourth-order valence-electron chi connectivity index (χ4n) is 2.83. The molecule has 1 heterocycles. The Kier molecular flexibility index (Phi) is 4.64. The van der Waals surface area contributed by atoms with E-state index in [2.05, 4.69) is 4.98 Å². The topological polar surface area (TPSA) is 101 Å². The number of aromatic nitrogens is 1. The van der Waals surface area contributed by atoms with Crippen LogP contribution in [0.3, 0.4) is 0 Å². The number of nitrogens with one attached hydrogen (secondary N) is 1. The van der Waals surface area contributed by atoms with Crippen LogP contribution in [0.1, 0.15) is 17.3 Å². The van der Waals surface area contributed by atoms with Gasteiger partial charge in [-0.05, 0) is 25.1 Å². The minimum absolute atomic E-state index is 0.0385. The highest BCUT2D eigenvalue weighted by Crippen LogP contribution is 2.30. The molecule has 1 atom stereocenters. The molecule has 3 rings (SSSR count). The standard InChI is InChI=1S/C18H15NO5S2/c1-11(20)15-17(25(2)22)13-9-6-10-14(16(13)19-18(15)21)26(23,24)12-7-4-3-5-8-12/h3-10H,1-2H3,(H,19,21)/t25-/m1/s1. The molecule has 1 aromatic heterocycles. The van der Waals surface area contributed by atoms with E-state index in [0.29, 0.717) is 0 Å². The van der Waals surface area contributed by atoms with Gasteiger partial charge in [0.15, 0.2) is 5.78 Å². The zero-order valence-corrected chi connectivity index (χ0v) is 15.6.